The molecule has 1 radical (unpaired) electrons. The highest BCUT2D eigenvalue weighted by Gasteiger charge is 2.38. The van der Waals surface area contributed by atoms with E-state index in [9.17, 15) is 0 Å². The molecule has 0 heterocycles. The van der Waals surface area contributed by atoms with Crippen LogP contribution in [0.1, 0.15) is 54.4 Å². The van der Waals surface area contributed by atoms with Crippen molar-refractivity contribution in [2.75, 3.05) is 0 Å². The predicted molar refractivity (Wildman–Crippen MR) is 57.0 cm³/mol. The second-order valence-corrected chi connectivity index (χ2v) is 5.16. The molecule has 0 aromatic rings. The molecule has 0 saturated carbocycles. The van der Waals surface area contributed by atoms with Gasteiger partial charge in [-0.05, 0) is 23.2 Å². The van der Waals surface area contributed by atoms with Crippen molar-refractivity contribution >= 4 is 0 Å². The Labute approximate surface area is 78.8 Å². The van der Waals surface area contributed by atoms with Gasteiger partial charge in [-0.25, -0.2) is 0 Å². The van der Waals surface area contributed by atoms with Crippen molar-refractivity contribution in [3.05, 3.63) is 6.92 Å². The minimum atomic E-state index is 0.350. The lowest BCUT2D eigenvalue weighted by atomic mass is 9.60. The Morgan fingerprint density at radius 3 is 1.83 bits per heavy atom. The van der Waals surface area contributed by atoms with E-state index in [0.717, 1.165) is 12.3 Å². The third-order valence-corrected chi connectivity index (χ3v) is 4.21. The standard InChI is InChI=1S/C12H25/c1-8-10(3)12(6,7)11(4,5)9-2/h10H,2,8-9H2,1,3-7H3. The lowest BCUT2D eigenvalue weighted by molar-refractivity contribution is 0.0472. The fraction of sp³-hybridized carbons (Fsp3) is 0.917. The predicted octanol–water partition coefficient (Wildman–Crippen LogP) is 4.31. The smallest absolute Gasteiger partial charge is 0.0277 e. The summed E-state index contributed by atoms with van der Waals surface area (Å²) in [6.45, 7) is 18.0. The largest absolute Gasteiger partial charge is 0.0651 e. The SMILES string of the molecule is [CH2]CC(C)(C)C(C)(C)C(C)CC. The monoisotopic (exact) mass is 169 g/mol. The fourth-order valence-electron chi connectivity index (χ4n) is 1.50. The van der Waals surface area contributed by atoms with E-state index in [-0.39, 0.29) is 0 Å². The van der Waals surface area contributed by atoms with Gasteiger partial charge >= 0.3 is 0 Å². The molecule has 0 rings (SSSR count). The molecule has 0 aliphatic rings. The van der Waals surface area contributed by atoms with Gasteiger partial charge in [-0.3, -0.25) is 0 Å². The van der Waals surface area contributed by atoms with E-state index >= 15 is 0 Å². The molecule has 0 fully saturated rings. The third-order valence-electron chi connectivity index (χ3n) is 4.21. The lowest BCUT2D eigenvalue weighted by Gasteiger charge is -2.45. The molecule has 0 heteroatoms. The Morgan fingerprint density at radius 1 is 1.17 bits per heavy atom. The minimum Gasteiger partial charge on any atom is -0.0651 e. The van der Waals surface area contributed by atoms with Gasteiger partial charge in [0.25, 0.3) is 0 Å². The Hall–Kier alpha value is 0. The van der Waals surface area contributed by atoms with E-state index in [1.807, 2.05) is 0 Å². The van der Waals surface area contributed by atoms with E-state index in [4.69, 9.17) is 0 Å². The molecule has 0 aromatic carbocycles. The first kappa shape index (κ1) is 12.0. The van der Waals surface area contributed by atoms with E-state index in [0.29, 0.717) is 10.8 Å². The Bertz CT molecular complexity index is 131. The molecule has 0 spiro atoms. The molecule has 0 bridgehead atoms. The van der Waals surface area contributed by atoms with Gasteiger partial charge in [0.15, 0.2) is 0 Å². The minimum absolute atomic E-state index is 0.350. The zero-order valence-electron chi connectivity index (χ0n) is 9.70. The summed E-state index contributed by atoms with van der Waals surface area (Å²) in [4.78, 5) is 0. The van der Waals surface area contributed by atoms with Crippen molar-refractivity contribution in [2.45, 2.75) is 54.4 Å². The number of hydrogen-bond acceptors (Lipinski definition) is 0. The van der Waals surface area contributed by atoms with Crippen molar-refractivity contribution in [3.63, 3.8) is 0 Å². The van der Waals surface area contributed by atoms with Crippen LogP contribution in [0, 0.1) is 23.7 Å². The van der Waals surface area contributed by atoms with Crippen molar-refractivity contribution in [1.29, 1.82) is 0 Å². The lowest BCUT2D eigenvalue weighted by Crippen LogP contribution is -2.37. The summed E-state index contributed by atoms with van der Waals surface area (Å²) in [5.41, 5.74) is 0.742. The van der Waals surface area contributed by atoms with Crippen molar-refractivity contribution in [3.8, 4) is 0 Å². The summed E-state index contributed by atoms with van der Waals surface area (Å²) in [5, 5.41) is 0. The summed E-state index contributed by atoms with van der Waals surface area (Å²) < 4.78 is 0. The highest BCUT2D eigenvalue weighted by atomic mass is 14.4. The first-order valence-electron chi connectivity index (χ1n) is 5.08. The van der Waals surface area contributed by atoms with Crippen LogP contribution >= 0.6 is 0 Å². The third kappa shape index (κ3) is 2.02. The van der Waals surface area contributed by atoms with Crippen LogP contribution in [0.15, 0.2) is 0 Å². The molecule has 0 aromatic heterocycles. The molecule has 0 N–H and O–H groups in total. The van der Waals surface area contributed by atoms with Crippen LogP contribution in [0.4, 0.5) is 0 Å². The van der Waals surface area contributed by atoms with Crippen LogP contribution in [0.2, 0.25) is 0 Å². The Balaban J connectivity index is 4.58. The normalized spacial score (nSPS) is 16.2. The summed E-state index contributed by atoms with van der Waals surface area (Å²) in [6.07, 6.45) is 2.28. The summed E-state index contributed by atoms with van der Waals surface area (Å²) in [6, 6.07) is 0. The average Bonchev–Trinajstić information content (AvgIpc) is 2.02. The van der Waals surface area contributed by atoms with E-state index in [2.05, 4.69) is 48.5 Å². The van der Waals surface area contributed by atoms with Gasteiger partial charge in [-0.2, -0.15) is 0 Å². The van der Waals surface area contributed by atoms with Crippen molar-refractivity contribution < 1.29 is 0 Å². The Kier molecular flexibility index (Phi) is 3.81. The van der Waals surface area contributed by atoms with E-state index in [1.165, 1.54) is 6.42 Å². The molecule has 1 atom stereocenters. The summed E-state index contributed by atoms with van der Waals surface area (Å²) >= 11 is 0. The first-order valence-corrected chi connectivity index (χ1v) is 5.08. The van der Waals surface area contributed by atoms with Gasteiger partial charge < -0.3 is 0 Å². The second-order valence-electron chi connectivity index (χ2n) is 5.16. The molecular weight excluding hydrogens is 144 g/mol. The van der Waals surface area contributed by atoms with Gasteiger partial charge in [0, 0.05) is 0 Å². The van der Waals surface area contributed by atoms with Crippen LogP contribution in [-0.2, 0) is 0 Å². The van der Waals surface area contributed by atoms with E-state index in [1.54, 1.807) is 0 Å². The molecule has 0 amide bonds. The van der Waals surface area contributed by atoms with Crippen molar-refractivity contribution in [1.82, 2.24) is 0 Å². The molecule has 0 aliphatic carbocycles. The van der Waals surface area contributed by atoms with Crippen LogP contribution in [0.25, 0.3) is 0 Å². The van der Waals surface area contributed by atoms with Gasteiger partial charge in [-0.15, -0.1) is 0 Å². The maximum atomic E-state index is 4.04. The molecule has 12 heavy (non-hydrogen) atoms. The first-order chi connectivity index (χ1) is 5.29. The molecule has 0 aliphatic heterocycles. The number of rotatable bonds is 4. The van der Waals surface area contributed by atoms with Crippen molar-refractivity contribution in [2.24, 2.45) is 16.7 Å². The molecular formula is C12H25. The highest BCUT2D eigenvalue weighted by molar-refractivity contribution is 4.89. The number of hydrogen-bond donors (Lipinski definition) is 0. The van der Waals surface area contributed by atoms with Crippen LogP contribution in [0.5, 0.6) is 0 Å². The molecule has 0 saturated heterocycles. The van der Waals surface area contributed by atoms with Gasteiger partial charge in [0.2, 0.25) is 0 Å². The van der Waals surface area contributed by atoms with Crippen LogP contribution < -0.4 is 0 Å². The highest BCUT2D eigenvalue weighted by Crippen LogP contribution is 2.47. The van der Waals surface area contributed by atoms with Gasteiger partial charge in [-0.1, -0.05) is 54.9 Å². The summed E-state index contributed by atoms with van der Waals surface area (Å²) in [5.74, 6) is 0.772. The van der Waals surface area contributed by atoms with Crippen LogP contribution in [0.3, 0.4) is 0 Å². The van der Waals surface area contributed by atoms with Crippen LogP contribution in [-0.4, -0.2) is 0 Å². The van der Waals surface area contributed by atoms with Gasteiger partial charge in [0.05, 0.1) is 0 Å². The average molecular weight is 169 g/mol. The van der Waals surface area contributed by atoms with E-state index < -0.39 is 0 Å². The Morgan fingerprint density at radius 2 is 1.58 bits per heavy atom. The zero-order chi connectivity index (χ0) is 9.99. The fourth-order valence-corrected chi connectivity index (χ4v) is 1.50. The second kappa shape index (κ2) is 3.81. The van der Waals surface area contributed by atoms with Gasteiger partial charge in [0.1, 0.15) is 0 Å². The molecule has 73 valence electrons. The molecule has 0 nitrogen and oxygen atoms in total. The maximum Gasteiger partial charge on any atom is -0.0277 e. The molecule has 1 unspecified atom stereocenters. The summed E-state index contributed by atoms with van der Waals surface area (Å²) in [7, 11) is 0. The quantitative estimate of drug-likeness (QED) is 0.588. The maximum absolute atomic E-state index is 4.04. The topological polar surface area (TPSA) is 0 Å². The zero-order valence-corrected chi connectivity index (χ0v) is 9.70.